The van der Waals surface area contributed by atoms with Crippen molar-refractivity contribution in [3.05, 3.63) is 133 Å². The summed E-state index contributed by atoms with van der Waals surface area (Å²) >= 11 is 0. The fraction of sp³-hybridized carbons (Fsp3) is 0. The van der Waals surface area contributed by atoms with Gasteiger partial charge in [-0.2, -0.15) is 4.98 Å². The van der Waals surface area contributed by atoms with E-state index in [9.17, 15) is 0 Å². The molecule has 0 amide bonds. The molecule has 188 valence electrons. The van der Waals surface area contributed by atoms with Gasteiger partial charge < -0.3 is 4.42 Å². The maximum Gasteiger partial charge on any atom is 0.307 e. The zero-order chi connectivity index (χ0) is 26.5. The Morgan fingerprint density at radius 3 is 1.75 bits per heavy atom. The van der Waals surface area contributed by atoms with E-state index in [-0.39, 0.29) is 0 Å². The molecule has 8 rings (SSSR count). The van der Waals surface area contributed by atoms with Crippen molar-refractivity contribution < 1.29 is 4.42 Å². The standard InChI is InChI=1S/C35H22N4O/c1-3-9-24(10-4-1)29-22-30(25-11-5-2-6-12-25)37-34(36-29)26-17-15-23(16-18-26)27-19-20-28-32(21-27)39-31-13-7-8-14-33(31)40-35(39)38-28/h1-22H. The summed E-state index contributed by atoms with van der Waals surface area (Å²) in [6.45, 7) is 0. The van der Waals surface area contributed by atoms with Crippen LogP contribution in [0.5, 0.6) is 0 Å². The highest BCUT2D eigenvalue weighted by Crippen LogP contribution is 2.31. The first-order chi connectivity index (χ1) is 19.8. The number of hydrogen-bond donors (Lipinski definition) is 0. The first-order valence-corrected chi connectivity index (χ1v) is 13.2. The third-order valence-corrected chi connectivity index (χ3v) is 7.27. The summed E-state index contributed by atoms with van der Waals surface area (Å²) in [7, 11) is 0. The van der Waals surface area contributed by atoms with Crippen LogP contribution in [0.25, 0.3) is 73.0 Å². The second-order valence-corrected chi connectivity index (χ2v) is 9.77. The van der Waals surface area contributed by atoms with Crippen LogP contribution in [0.15, 0.2) is 138 Å². The Bertz CT molecular complexity index is 2090. The van der Waals surface area contributed by atoms with E-state index in [0.717, 1.165) is 61.3 Å². The number of fused-ring (bicyclic) bond motifs is 5. The fourth-order valence-electron chi connectivity index (χ4n) is 5.26. The molecule has 3 aromatic heterocycles. The maximum atomic E-state index is 5.97. The summed E-state index contributed by atoms with van der Waals surface area (Å²) in [6.07, 6.45) is 0. The van der Waals surface area contributed by atoms with Gasteiger partial charge in [0.1, 0.15) is 0 Å². The Balaban J connectivity index is 1.21. The quantitative estimate of drug-likeness (QED) is 0.236. The molecule has 0 N–H and O–H groups in total. The molecule has 5 heteroatoms. The minimum absolute atomic E-state index is 0.605. The number of hydrogen-bond acceptors (Lipinski definition) is 4. The highest BCUT2D eigenvalue weighted by atomic mass is 16.4. The average Bonchev–Trinajstić information content (AvgIpc) is 3.57. The van der Waals surface area contributed by atoms with Crippen LogP contribution in [-0.2, 0) is 0 Å². The van der Waals surface area contributed by atoms with E-state index in [2.05, 4.69) is 88.2 Å². The van der Waals surface area contributed by atoms with E-state index in [4.69, 9.17) is 14.4 Å². The predicted octanol–water partition coefficient (Wildman–Crippen LogP) is 8.69. The Morgan fingerprint density at radius 2 is 1.05 bits per heavy atom. The smallest absolute Gasteiger partial charge is 0.307 e. The van der Waals surface area contributed by atoms with Gasteiger partial charge in [-0.1, -0.05) is 103 Å². The molecule has 40 heavy (non-hydrogen) atoms. The number of aromatic nitrogens is 4. The summed E-state index contributed by atoms with van der Waals surface area (Å²) in [5.41, 5.74) is 10.9. The highest BCUT2D eigenvalue weighted by molar-refractivity contribution is 5.90. The highest BCUT2D eigenvalue weighted by Gasteiger charge is 2.14. The molecule has 0 fully saturated rings. The molecule has 0 saturated carbocycles. The predicted molar refractivity (Wildman–Crippen MR) is 160 cm³/mol. The molecule has 0 radical (unpaired) electrons. The summed E-state index contributed by atoms with van der Waals surface area (Å²) in [4.78, 5) is 14.6. The molecule has 3 heterocycles. The van der Waals surface area contributed by atoms with Gasteiger partial charge in [0.05, 0.1) is 27.9 Å². The molecule has 0 spiro atoms. The third kappa shape index (κ3) is 3.76. The molecule has 0 aliphatic heterocycles. The minimum Gasteiger partial charge on any atom is -0.423 e. The van der Waals surface area contributed by atoms with Gasteiger partial charge in [-0.25, -0.2) is 9.97 Å². The number of para-hydroxylation sites is 2. The van der Waals surface area contributed by atoms with Crippen molar-refractivity contribution in [1.82, 2.24) is 19.4 Å². The minimum atomic E-state index is 0.605. The van der Waals surface area contributed by atoms with Crippen molar-refractivity contribution >= 4 is 28.0 Å². The van der Waals surface area contributed by atoms with Gasteiger partial charge in [-0.15, -0.1) is 0 Å². The second-order valence-electron chi connectivity index (χ2n) is 9.77. The van der Waals surface area contributed by atoms with Crippen molar-refractivity contribution in [3.63, 3.8) is 0 Å². The monoisotopic (exact) mass is 514 g/mol. The van der Waals surface area contributed by atoms with Crippen LogP contribution in [0.1, 0.15) is 0 Å². The molecule has 5 nitrogen and oxygen atoms in total. The lowest BCUT2D eigenvalue weighted by Crippen LogP contribution is -1.95. The van der Waals surface area contributed by atoms with Crippen LogP contribution in [0.2, 0.25) is 0 Å². The first kappa shape index (κ1) is 22.4. The molecule has 5 aromatic carbocycles. The Morgan fingerprint density at radius 1 is 0.450 bits per heavy atom. The van der Waals surface area contributed by atoms with Gasteiger partial charge in [0.25, 0.3) is 0 Å². The van der Waals surface area contributed by atoms with E-state index in [1.54, 1.807) is 0 Å². The normalized spacial score (nSPS) is 11.5. The largest absolute Gasteiger partial charge is 0.423 e. The van der Waals surface area contributed by atoms with Gasteiger partial charge in [0, 0.05) is 16.7 Å². The number of rotatable bonds is 4. The third-order valence-electron chi connectivity index (χ3n) is 7.27. The van der Waals surface area contributed by atoms with E-state index in [0.29, 0.717) is 11.7 Å². The molecular weight excluding hydrogens is 492 g/mol. The number of imidazole rings is 1. The lowest BCUT2D eigenvalue weighted by molar-refractivity contribution is 0.643. The van der Waals surface area contributed by atoms with Gasteiger partial charge in [0.2, 0.25) is 0 Å². The molecule has 0 bridgehead atoms. The number of oxazole rings is 1. The van der Waals surface area contributed by atoms with Crippen molar-refractivity contribution in [3.8, 4) is 45.0 Å². The average molecular weight is 515 g/mol. The van der Waals surface area contributed by atoms with Crippen molar-refractivity contribution in [2.45, 2.75) is 0 Å². The molecule has 0 saturated heterocycles. The van der Waals surface area contributed by atoms with Gasteiger partial charge in [-0.3, -0.25) is 4.40 Å². The van der Waals surface area contributed by atoms with E-state index in [1.165, 1.54) is 0 Å². The second kappa shape index (κ2) is 9.03. The van der Waals surface area contributed by atoms with E-state index in [1.807, 2.05) is 54.6 Å². The Labute approximate surface area is 230 Å². The molecular formula is C35H22N4O. The summed E-state index contributed by atoms with van der Waals surface area (Å²) in [5.74, 6) is 1.30. The summed E-state index contributed by atoms with van der Waals surface area (Å²) in [5, 5.41) is 0. The van der Waals surface area contributed by atoms with Crippen LogP contribution in [-0.4, -0.2) is 19.4 Å². The lowest BCUT2D eigenvalue weighted by Gasteiger charge is -2.10. The molecule has 0 aliphatic carbocycles. The van der Waals surface area contributed by atoms with Crippen LogP contribution in [0.3, 0.4) is 0 Å². The van der Waals surface area contributed by atoms with Crippen molar-refractivity contribution in [2.75, 3.05) is 0 Å². The topological polar surface area (TPSA) is 56.2 Å². The zero-order valence-corrected chi connectivity index (χ0v) is 21.4. The maximum absolute atomic E-state index is 5.97. The van der Waals surface area contributed by atoms with Crippen LogP contribution in [0.4, 0.5) is 0 Å². The summed E-state index contributed by atoms with van der Waals surface area (Å²) in [6, 6.07) is 45.3. The molecule has 0 atom stereocenters. The van der Waals surface area contributed by atoms with Gasteiger partial charge >= 0.3 is 5.84 Å². The molecule has 0 unspecified atom stereocenters. The number of benzene rings is 5. The van der Waals surface area contributed by atoms with Crippen LogP contribution in [0, 0.1) is 0 Å². The summed E-state index contributed by atoms with van der Waals surface area (Å²) < 4.78 is 8.05. The van der Waals surface area contributed by atoms with Crippen LogP contribution >= 0.6 is 0 Å². The zero-order valence-electron chi connectivity index (χ0n) is 21.4. The van der Waals surface area contributed by atoms with E-state index < -0.39 is 0 Å². The first-order valence-electron chi connectivity index (χ1n) is 13.2. The van der Waals surface area contributed by atoms with E-state index >= 15 is 0 Å². The van der Waals surface area contributed by atoms with Gasteiger partial charge in [0.15, 0.2) is 11.4 Å². The van der Waals surface area contributed by atoms with Crippen LogP contribution < -0.4 is 0 Å². The van der Waals surface area contributed by atoms with Crippen molar-refractivity contribution in [1.29, 1.82) is 0 Å². The number of nitrogens with zero attached hydrogens (tertiary/aromatic N) is 4. The lowest BCUT2D eigenvalue weighted by atomic mass is 10.0. The Hall–Kier alpha value is -5.55. The fourth-order valence-corrected chi connectivity index (χ4v) is 5.26. The SMILES string of the molecule is c1ccc(-c2cc(-c3ccccc3)nc(-c3ccc(-c4ccc5nc6oc7ccccc7n6c5c4)cc3)n2)cc1. The molecule has 0 aliphatic rings. The Kier molecular flexibility index (Phi) is 5.07. The molecule has 8 aromatic rings. The van der Waals surface area contributed by atoms with Gasteiger partial charge in [-0.05, 0) is 41.5 Å². The van der Waals surface area contributed by atoms with Crippen molar-refractivity contribution in [2.24, 2.45) is 0 Å².